The fourth-order valence-corrected chi connectivity index (χ4v) is 3.46. The van der Waals surface area contributed by atoms with E-state index in [9.17, 15) is 12.8 Å². The lowest BCUT2D eigenvalue weighted by Crippen LogP contribution is -2.34. The normalized spacial score (nSPS) is 17.7. The van der Waals surface area contributed by atoms with Gasteiger partial charge in [0.1, 0.15) is 5.82 Å². The van der Waals surface area contributed by atoms with Crippen LogP contribution < -0.4 is 4.72 Å². The van der Waals surface area contributed by atoms with Gasteiger partial charge in [0, 0.05) is 6.04 Å². The van der Waals surface area contributed by atoms with Crippen molar-refractivity contribution in [2.24, 2.45) is 5.92 Å². The molecule has 100 valence electrons. The van der Waals surface area contributed by atoms with Gasteiger partial charge in [0.2, 0.25) is 10.0 Å². The van der Waals surface area contributed by atoms with E-state index in [-0.39, 0.29) is 16.5 Å². The minimum Gasteiger partial charge on any atom is -0.392 e. The second-order valence-electron chi connectivity index (χ2n) is 4.66. The summed E-state index contributed by atoms with van der Waals surface area (Å²) in [5.41, 5.74) is 0.201. The van der Waals surface area contributed by atoms with Crippen molar-refractivity contribution in [2.75, 3.05) is 0 Å². The number of benzene rings is 1. The average Bonchev–Trinajstić information content (AvgIpc) is 3.12. The van der Waals surface area contributed by atoms with Crippen LogP contribution in [0.5, 0.6) is 0 Å². The third-order valence-corrected chi connectivity index (χ3v) is 4.80. The highest BCUT2D eigenvalue weighted by Crippen LogP contribution is 2.33. The van der Waals surface area contributed by atoms with Crippen molar-refractivity contribution >= 4 is 10.0 Å². The maximum atomic E-state index is 13.1. The van der Waals surface area contributed by atoms with E-state index < -0.39 is 22.4 Å². The smallest absolute Gasteiger partial charge is 0.241 e. The molecule has 1 unspecified atom stereocenters. The van der Waals surface area contributed by atoms with Gasteiger partial charge in [-0.15, -0.1) is 0 Å². The van der Waals surface area contributed by atoms with Crippen LogP contribution in [0.4, 0.5) is 4.39 Å². The molecular weight excluding hydrogens is 257 g/mol. The first kappa shape index (κ1) is 13.5. The van der Waals surface area contributed by atoms with Gasteiger partial charge in [0.25, 0.3) is 0 Å². The molecule has 18 heavy (non-hydrogen) atoms. The molecule has 0 saturated heterocycles. The molecule has 0 bridgehead atoms. The summed E-state index contributed by atoms with van der Waals surface area (Å²) in [6, 6.07) is 3.19. The summed E-state index contributed by atoms with van der Waals surface area (Å²) in [7, 11) is -3.78. The van der Waals surface area contributed by atoms with Crippen LogP contribution in [0.25, 0.3) is 0 Å². The van der Waals surface area contributed by atoms with Crippen LogP contribution in [-0.4, -0.2) is 19.6 Å². The zero-order valence-electron chi connectivity index (χ0n) is 10.1. The molecule has 0 aromatic heterocycles. The van der Waals surface area contributed by atoms with Crippen molar-refractivity contribution in [3.63, 3.8) is 0 Å². The molecule has 0 aliphatic heterocycles. The SMILES string of the molecule is CC(NS(=O)(=O)c1cc(F)ccc1CO)C1CC1. The minimum atomic E-state index is -3.78. The molecule has 0 amide bonds. The monoisotopic (exact) mass is 273 g/mol. The third-order valence-electron chi connectivity index (χ3n) is 3.16. The van der Waals surface area contributed by atoms with E-state index in [1.807, 2.05) is 0 Å². The summed E-state index contributed by atoms with van der Waals surface area (Å²) < 4.78 is 39.9. The zero-order chi connectivity index (χ0) is 13.3. The number of halogens is 1. The Labute approximate surface area is 106 Å². The predicted octanol–water partition coefficient (Wildman–Crippen LogP) is 1.39. The van der Waals surface area contributed by atoms with Gasteiger partial charge < -0.3 is 5.11 Å². The maximum absolute atomic E-state index is 13.1. The number of rotatable bonds is 5. The second-order valence-corrected chi connectivity index (χ2v) is 6.34. The fourth-order valence-electron chi connectivity index (χ4n) is 1.91. The van der Waals surface area contributed by atoms with Gasteiger partial charge in [-0.3, -0.25) is 0 Å². The summed E-state index contributed by atoms with van der Waals surface area (Å²) >= 11 is 0. The highest BCUT2D eigenvalue weighted by Gasteiger charge is 2.31. The van der Waals surface area contributed by atoms with Crippen molar-refractivity contribution in [1.29, 1.82) is 0 Å². The van der Waals surface area contributed by atoms with Gasteiger partial charge in [0.05, 0.1) is 11.5 Å². The molecule has 1 fully saturated rings. The van der Waals surface area contributed by atoms with Gasteiger partial charge in [-0.1, -0.05) is 6.07 Å². The van der Waals surface area contributed by atoms with Crippen molar-refractivity contribution in [3.8, 4) is 0 Å². The van der Waals surface area contributed by atoms with Crippen LogP contribution in [-0.2, 0) is 16.6 Å². The highest BCUT2D eigenvalue weighted by atomic mass is 32.2. The molecule has 1 saturated carbocycles. The van der Waals surface area contributed by atoms with E-state index in [0.717, 1.165) is 25.0 Å². The lowest BCUT2D eigenvalue weighted by Gasteiger charge is -2.15. The van der Waals surface area contributed by atoms with E-state index in [1.54, 1.807) is 6.92 Å². The van der Waals surface area contributed by atoms with Crippen LogP contribution in [0, 0.1) is 11.7 Å². The van der Waals surface area contributed by atoms with Crippen LogP contribution in [0.15, 0.2) is 23.1 Å². The topological polar surface area (TPSA) is 66.4 Å². The number of nitrogens with one attached hydrogen (secondary N) is 1. The summed E-state index contributed by atoms with van der Waals surface area (Å²) in [6.45, 7) is 1.36. The van der Waals surface area contributed by atoms with E-state index in [0.29, 0.717) is 5.92 Å². The first-order valence-electron chi connectivity index (χ1n) is 5.85. The first-order valence-corrected chi connectivity index (χ1v) is 7.34. The van der Waals surface area contributed by atoms with Crippen molar-refractivity contribution < 1.29 is 17.9 Å². The number of aliphatic hydroxyl groups excluding tert-OH is 1. The molecule has 1 aromatic carbocycles. The van der Waals surface area contributed by atoms with Gasteiger partial charge in [0.15, 0.2) is 0 Å². The quantitative estimate of drug-likeness (QED) is 0.852. The largest absolute Gasteiger partial charge is 0.392 e. The Kier molecular flexibility index (Phi) is 3.70. The number of hydrogen-bond acceptors (Lipinski definition) is 3. The Morgan fingerprint density at radius 3 is 2.72 bits per heavy atom. The van der Waals surface area contributed by atoms with Gasteiger partial charge in [-0.05, 0) is 43.4 Å². The van der Waals surface area contributed by atoms with Crippen LogP contribution >= 0.6 is 0 Å². The molecule has 4 nitrogen and oxygen atoms in total. The highest BCUT2D eigenvalue weighted by molar-refractivity contribution is 7.89. The molecule has 0 spiro atoms. The molecule has 0 radical (unpaired) electrons. The summed E-state index contributed by atoms with van der Waals surface area (Å²) in [5.74, 6) is -0.266. The number of sulfonamides is 1. The van der Waals surface area contributed by atoms with Crippen molar-refractivity contribution in [3.05, 3.63) is 29.6 Å². The Bertz CT molecular complexity index is 540. The lowest BCUT2D eigenvalue weighted by molar-refractivity contribution is 0.278. The molecule has 1 atom stereocenters. The maximum Gasteiger partial charge on any atom is 0.241 e. The molecule has 2 N–H and O–H groups in total. The molecule has 2 rings (SSSR count). The number of hydrogen-bond donors (Lipinski definition) is 2. The molecule has 6 heteroatoms. The summed E-state index contributed by atoms with van der Waals surface area (Å²) in [4.78, 5) is -0.183. The Morgan fingerprint density at radius 1 is 1.50 bits per heavy atom. The second kappa shape index (κ2) is 4.95. The number of aliphatic hydroxyl groups is 1. The molecule has 1 aliphatic rings. The summed E-state index contributed by atoms with van der Waals surface area (Å²) in [6.07, 6.45) is 2.03. The molecular formula is C12H16FNO3S. The van der Waals surface area contributed by atoms with Crippen LogP contribution in [0.3, 0.4) is 0 Å². The Morgan fingerprint density at radius 2 is 2.17 bits per heavy atom. The van der Waals surface area contributed by atoms with Crippen molar-refractivity contribution in [1.82, 2.24) is 4.72 Å². The van der Waals surface area contributed by atoms with Crippen LogP contribution in [0.1, 0.15) is 25.3 Å². The molecule has 1 aliphatic carbocycles. The standard InChI is InChI=1S/C12H16FNO3S/c1-8(9-2-3-9)14-18(16,17)12-6-11(13)5-4-10(12)7-15/h4-6,8-9,14-15H,2-3,7H2,1H3. The first-order chi connectivity index (χ1) is 8.44. The zero-order valence-corrected chi connectivity index (χ0v) is 10.9. The van der Waals surface area contributed by atoms with E-state index >= 15 is 0 Å². The van der Waals surface area contributed by atoms with Gasteiger partial charge in [-0.25, -0.2) is 17.5 Å². The van der Waals surface area contributed by atoms with Gasteiger partial charge in [-0.2, -0.15) is 0 Å². The Hall–Kier alpha value is -0.980. The van der Waals surface area contributed by atoms with Gasteiger partial charge >= 0.3 is 0 Å². The summed E-state index contributed by atoms with van der Waals surface area (Å²) in [5, 5.41) is 9.11. The van der Waals surface area contributed by atoms with E-state index in [4.69, 9.17) is 5.11 Å². The molecule has 1 aromatic rings. The Balaban J connectivity index is 2.30. The predicted molar refractivity (Wildman–Crippen MR) is 64.8 cm³/mol. The minimum absolute atomic E-state index is 0.162. The third kappa shape index (κ3) is 2.88. The molecule has 0 heterocycles. The lowest BCUT2D eigenvalue weighted by atomic mass is 10.2. The average molecular weight is 273 g/mol. The van der Waals surface area contributed by atoms with Crippen molar-refractivity contribution in [2.45, 2.75) is 37.3 Å². The fraction of sp³-hybridized carbons (Fsp3) is 0.500. The van der Waals surface area contributed by atoms with E-state index in [1.165, 1.54) is 6.07 Å². The van der Waals surface area contributed by atoms with E-state index in [2.05, 4.69) is 4.72 Å². The van der Waals surface area contributed by atoms with Crippen LogP contribution in [0.2, 0.25) is 0 Å².